The first-order valence-corrected chi connectivity index (χ1v) is 10.1. The quantitative estimate of drug-likeness (QED) is 0.333. The van der Waals surface area contributed by atoms with Crippen molar-refractivity contribution in [1.82, 2.24) is 16.0 Å². The van der Waals surface area contributed by atoms with Crippen LogP contribution in [-0.4, -0.2) is 48.8 Å². The minimum atomic E-state index is -0.738. The van der Waals surface area contributed by atoms with Gasteiger partial charge in [-0.1, -0.05) is 57.0 Å². The third-order valence-corrected chi connectivity index (χ3v) is 4.32. The third-order valence-electron chi connectivity index (χ3n) is 4.32. The van der Waals surface area contributed by atoms with E-state index in [2.05, 4.69) is 34.8 Å². The van der Waals surface area contributed by atoms with E-state index >= 15 is 0 Å². The van der Waals surface area contributed by atoms with Gasteiger partial charge in [-0.2, -0.15) is 0 Å². The summed E-state index contributed by atoms with van der Waals surface area (Å²) in [4.78, 5) is 16.4. The summed E-state index contributed by atoms with van der Waals surface area (Å²) in [7, 11) is 0. The van der Waals surface area contributed by atoms with Gasteiger partial charge in [0, 0.05) is 19.6 Å². The fourth-order valence-corrected chi connectivity index (χ4v) is 3.02. The lowest BCUT2D eigenvalue weighted by molar-refractivity contribution is -0.119. The number of nitrogens with one attached hydrogen (secondary N) is 3. The molecule has 0 saturated heterocycles. The van der Waals surface area contributed by atoms with Gasteiger partial charge in [0.2, 0.25) is 5.91 Å². The van der Waals surface area contributed by atoms with Crippen molar-refractivity contribution in [1.29, 1.82) is 0 Å². The van der Waals surface area contributed by atoms with Crippen LogP contribution < -0.4 is 16.0 Å². The molecule has 1 aromatic carbocycles. The van der Waals surface area contributed by atoms with Crippen molar-refractivity contribution in [3.63, 3.8) is 0 Å². The number of carbonyl (C=O) groups excluding carboxylic acids is 1. The summed E-state index contributed by atoms with van der Waals surface area (Å²) in [6, 6.07) is 10.1. The zero-order chi connectivity index (χ0) is 20.0. The van der Waals surface area contributed by atoms with Gasteiger partial charge in [0.15, 0.2) is 5.96 Å². The van der Waals surface area contributed by atoms with E-state index in [-0.39, 0.29) is 12.5 Å². The first-order chi connectivity index (χ1) is 13.0. The van der Waals surface area contributed by atoms with Gasteiger partial charge in [0.25, 0.3) is 0 Å². The predicted octanol–water partition coefficient (Wildman–Crippen LogP) is 2.23. The SMILES string of the molecule is CCCC(O)(CCC)CNC(=NCC(=O)NCCc1ccccc1)NCC. The van der Waals surface area contributed by atoms with Gasteiger partial charge in [-0.15, -0.1) is 0 Å². The molecule has 1 rings (SSSR count). The number of aliphatic imine (C=N–C) groups is 1. The number of hydrogen-bond donors (Lipinski definition) is 4. The summed E-state index contributed by atoms with van der Waals surface area (Å²) in [5, 5.41) is 19.9. The average molecular weight is 377 g/mol. The van der Waals surface area contributed by atoms with Crippen LogP contribution in [0, 0.1) is 0 Å². The molecule has 0 heterocycles. The molecule has 0 saturated carbocycles. The Kier molecular flexibility index (Phi) is 11.2. The molecular weight excluding hydrogens is 340 g/mol. The van der Waals surface area contributed by atoms with E-state index in [0.717, 1.165) is 32.1 Å². The average Bonchev–Trinajstić information content (AvgIpc) is 2.65. The molecule has 0 radical (unpaired) electrons. The summed E-state index contributed by atoms with van der Waals surface area (Å²) >= 11 is 0. The zero-order valence-electron chi connectivity index (χ0n) is 17.1. The Hall–Kier alpha value is -2.08. The topological polar surface area (TPSA) is 85.8 Å². The highest BCUT2D eigenvalue weighted by molar-refractivity contribution is 5.84. The molecule has 0 spiro atoms. The molecule has 4 N–H and O–H groups in total. The van der Waals surface area contributed by atoms with Crippen LogP contribution in [0.4, 0.5) is 0 Å². The normalized spacial score (nSPS) is 11.9. The van der Waals surface area contributed by atoms with Crippen LogP contribution in [0.25, 0.3) is 0 Å². The van der Waals surface area contributed by atoms with Crippen LogP contribution in [-0.2, 0) is 11.2 Å². The minimum absolute atomic E-state index is 0.0596. The number of benzene rings is 1. The highest BCUT2D eigenvalue weighted by atomic mass is 16.3. The summed E-state index contributed by atoms with van der Waals surface area (Å²) in [5.74, 6) is 0.446. The van der Waals surface area contributed by atoms with Crippen LogP contribution in [0.5, 0.6) is 0 Å². The van der Waals surface area contributed by atoms with E-state index in [4.69, 9.17) is 0 Å². The van der Waals surface area contributed by atoms with Crippen molar-refractivity contribution in [3.8, 4) is 0 Å². The van der Waals surface area contributed by atoms with Crippen LogP contribution in [0.2, 0.25) is 0 Å². The second-order valence-corrected chi connectivity index (χ2v) is 6.86. The molecule has 0 aromatic heterocycles. The van der Waals surface area contributed by atoms with Crippen molar-refractivity contribution in [2.45, 2.75) is 58.5 Å². The number of rotatable bonds is 12. The van der Waals surface area contributed by atoms with E-state index < -0.39 is 5.60 Å². The Morgan fingerprint density at radius 2 is 1.70 bits per heavy atom. The van der Waals surface area contributed by atoms with Gasteiger partial charge in [0.05, 0.1) is 5.60 Å². The molecule has 152 valence electrons. The van der Waals surface area contributed by atoms with Gasteiger partial charge in [0.1, 0.15) is 6.54 Å². The van der Waals surface area contributed by atoms with Gasteiger partial charge < -0.3 is 21.1 Å². The molecule has 0 aliphatic carbocycles. The maximum atomic E-state index is 12.0. The number of carbonyl (C=O) groups is 1. The van der Waals surface area contributed by atoms with Crippen molar-refractivity contribution in [3.05, 3.63) is 35.9 Å². The number of amides is 1. The molecule has 1 amide bonds. The lowest BCUT2D eigenvalue weighted by atomic mass is 9.93. The van der Waals surface area contributed by atoms with Gasteiger partial charge in [-0.3, -0.25) is 4.79 Å². The van der Waals surface area contributed by atoms with Crippen molar-refractivity contribution in [2.75, 3.05) is 26.2 Å². The fraction of sp³-hybridized carbons (Fsp3) is 0.619. The summed E-state index contributed by atoms with van der Waals surface area (Å²) in [6.45, 7) is 7.89. The Bertz CT molecular complexity index is 555. The van der Waals surface area contributed by atoms with Gasteiger partial charge in [-0.25, -0.2) is 4.99 Å². The lowest BCUT2D eigenvalue weighted by Crippen LogP contribution is -2.47. The maximum absolute atomic E-state index is 12.0. The van der Waals surface area contributed by atoms with E-state index in [1.807, 2.05) is 37.3 Å². The monoisotopic (exact) mass is 376 g/mol. The molecule has 0 aliphatic heterocycles. The van der Waals surface area contributed by atoms with E-state index in [0.29, 0.717) is 25.6 Å². The number of nitrogens with zero attached hydrogens (tertiary/aromatic N) is 1. The van der Waals surface area contributed by atoms with Crippen molar-refractivity contribution in [2.24, 2.45) is 4.99 Å². The Morgan fingerprint density at radius 3 is 2.30 bits per heavy atom. The smallest absolute Gasteiger partial charge is 0.241 e. The second-order valence-electron chi connectivity index (χ2n) is 6.86. The van der Waals surface area contributed by atoms with E-state index in [1.165, 1.54) is 5.56 Å². The first kappa shape index (κ1) is 23.0. The molecule has 0 aliphatic rings. The lowest BCUT2D eigenvalue weighted by Gasteiger charge is -2.28. The highest BCUT2D eigenvalue weighted by Gasteiger charge is 2.24. The minimum Gasteiger partial charge on any atom is -0.388 e. The Morgan fingerprint density at radius 1 is 1.04 bits per heavy atom. The maximum Gasteiger partial charge on any atom is 0.241 e. The standard InChI is InChI=1S/C21H36N4O2/c1-4-13-21(27,14-5-2)17-25-20(22-6-3)24-16-19(26)23-15-12-18-10-8-7-9-11-18/h7-11,27H,4-6,12-17H2,1-3H3,(H,23,26)(H2,22,24,25). The molecule has 0 atom stereocenters. The Labute approximate surface area is 163 Å². The second kappa shape index (κ2) is 13.1. The molecule has 27 heavy (non-hydrogen) atoms. The number of aliphatic hydroxyl groups is 1. The molecule has 0 unspecified atom stereocenters. The molecule has 0 fully saturated rings. The number of guanidine groups is 1. The predicted molar refractivity (Wildman–Crippen MR) is 112 cm³/mol. The van der Waals surface area contributed by atoms with E-state index in [1.54, 1.807) is 0 Å². The van der Waals surface area contributed by atoms with Crippen LogP contribution in [0.15, 0.2) is 35.3 Å². The van der Waals surface area contributed by atoms with Gasteiger partial charge in [-0.05, 0) is 31.7 Å². The molecule has 6 nitrogen and oxygen atoms in total. The molecule has 1 aromatic rings. The Balaban J connectivity index is 2.45. The summed E-state index contributed by atoms with van der Waals surface area (Å²) < 4.78 is 0. The highest BCUT2D eigenvalue weighted by Crippen LogP contribution is 2.18. The molecular formula is C21H36N4O2. The van der Waals surface area contributed by atoms with Crippen LogP contribution in [0.1, 0.15) is 52.0 Å². The molecule has 6 heteroatoms. The summed E-state index contributed by atoms with van der Waals surface area (Å²) in [6.07, 6.45) is 4.14. The first-order valence-electron chi connectivity index (χ1n) is 10.1. The van der Waals surface area contributed by atoms with Crippen LogP contribution in [0.3, 0.4) is 0 Å². The molecule has 0 bridgehead atoms. The summed E-state index contributed by atoms with van der Waals surface area (Å²) in [5.41, 5.74) is 0.458. The fourth-order valence-electron chi connectivity index (χ4n) is 3.02. The van der Waals surface area contributed by atoms with Crippen molar-refractivity contribution >= 4 is 11.9 Å². The van der Waals surface area contributed by atoms with E-state index in [9.17, 15) is 9.90 Å². The largest absolute Gasteiger partial charge is 0.388 e. The van der Waals surface area contributed by atoms with Gasteiger partial charge >= 0.3 is 0 Å². The number of hydrogen-bond acceptors (Lipinski definition) is 3. The van der Waals surface area contributed by atoms with Crippen molar-refractivity contribution < 1.29 is 9.90 Å². The third kappa shape index (κ3) is 9.99. The van der Waals surface area contributed by atoms with Crippen LogP contribution >= 0.6 is 0 Å². The zero-order valence-corrected chi connectivity index (χ0v) is 17.1.